The molecule has 72 valence electrons. The molecule has 4 heteroatoms. The fourth-order valence-corrected chi connectivity index (χ4v) is 1.64. The first-order chi connectivity index (χ1) is 6.59. The van der Waals surface area contributed by atoms with Crippen molar-refractivity contribution < 1.29 is 9.90 Å². The average Bonchev–Trinajstić information content (AvgIpc) is 2.46. The maximum atomic E-state index is 11.0. The molecule has 0 amide bonds. The maximum absolute atomic E-state index is 11.0. The first-order valence-electron chi connectivity index (χ1n) is 4.25. The van der Waals surface area contributed by atoms with Crippen molar-refractivity contribution in [1.82, 2.24) is 9.78 Å². The van der Waals surface area contributed by atoms with E-state index in [1.165, 1.54) is 0 Å². The highest BCUT2D eigenvalue weighted by Crippen LogP contribution is 2.20. The zero-order valence-corrected chi connectivity index (χ0v) is 7.98. The zero-order chi connectivity index (χ0) is 10.3. The smallest absolute Gasteiger partial charge is 0.337 e. The van der Waals surface area contributed by atoms with Crippen molar-refractivity contribution in [2.75, 3.05) is 0 Å². The second kappa shape index (κ2) is 2.83. The second-order valence-electron chi connectivity index (χ2n) is 3.32. The van der Waals surface area contributed by atoms with Gasteiger partial charge in [0, 0.05) is 12.4 Å². The summed E-state index contributed by atoms with van der Waals surface area (Å²) >= 11 is 0. The van der Waals surface area contributed by atoms with Crippen molar-refractivity contribution in [2.24, 2.45) is 7.05 Å². The Balaban J connectivity index is 2.90. The van der Waals surface area contributed by atoms with E-state index in [1.54, 1.807) is 24.0 Å². The molecule has 0 saturated carbocycles. The van der Waals surface area contributed by atoms with Gasteiger partial charge >= 0.3 is 5.97 Å². The Morgan fingerprint density at radius 1 is 1.50 bits per heavy atom. The monoisotopic (exact) mass is 190 g/mol. The number of aryl methyl sites for hydroxylation is 2. The Labute approximate surface area is 80.8 Å². The molecule has 0 aliphatic heterocycles. The topological polar surface area (TPSA) is 55.1 Å². The summed E-state index contributed by atoms with van der Waals surface area (Å²) in [6, 6.07) is 3.58. The lowest BCUT2D eigenvalue weighted by Crippen LogP contribution is -2.01. The minimum Gasteiger partial charge on any atom is -0.478 e. The number of hydrogen-bond acceptors (Lipinski definition) is 2. The quantitative estimate of drug-likeness (QED) is 0.742. The van der Waals surface area contributed by atoms with E-state index in [0.29, 0.717) is 11.1 Å². The predicted molar refractivity (Wildman–Crippen MR) is 52.4 cm³/mol. The van der Waals surface area contributed by atoms with E-state index in [4.69, 9.17) is 5.11 Å². The van der Waals surface area contributed by atoms with Crippen LogP contribution < -0.4 is 0 Å². The molecule has 1 heterocycles. The molecule has 0 atom stereocenters. The Bertz CT molecular complexity index is 514. The van der Waals surface area contributed by atoms with E-state index in [1.807, 2.05) is 13.0 Å². The zero-order valence-electron chi connectivity index (χ0n) is 7.98. The summed E-state index contributed by atoms with van der Waals surface area (Å²) in [5.74, 6) is -0.915. The molecule has 0 radical (unpaired) electrons. The van der Waals surface area contributed by atoms with Crippen LogP contribution in [0.1, 0.15) is 15.9 Å². The van der Waals surface area contributed by atoms with Crippen LogP contribution in [0.4, 0.5) is 0 Å². The van der Waals surface area contributed by atoms with Crippen LogP contribution in [-0.4, -0.2) is 20.9 Å². The molecule has 0 aliphatic carbocycles. The standard InChI is InChI=1S/C10H10N2O2/c1-6-3-7-5-11-12(2)9(7)8(4-6)10(13)14/h3-5H,1-2H3,(H,13,14). The lowest BCUT2D eigenvalue weighted by Gasteiger charge is -2.01. The molecule has 14 heavy (non-hydrogen) atoms. The molecule has 2 rings (SSSR count). The number of carboxylic acid groups (broad SMARTS) is 1. The fraction of sp³-hybridized carbons (Fsp3) is 0.200. The third-order valence-electron chi connectivity index (χ3n) is 2.21. The Hall–Kier alpha value is -1.84. The van der Waals surface area contributed by atoms with Crippen LogP contribution in [0.15, 0.2) is 18.3 Å². The van der Waals surface area contributed by atoms with Crippen molar-refractivity contribution in [3.63, 3.8) is 0 Å². The van der Waals surface area contributed by atoms with Crippen molar-refractivity contribution in [2.45, 2.75) is 6.92 Å². The summed E-state index contributed by atoms with van der Waals surface area (Å²) in [6.45, 7) is 1.87. The number of carbonyl (C=O) groups is 1. The average molecular weight is 190 g/mol. The molecular weight excluding hydrogens is 180 g/mol. The third kappa shape index (κ3) is 1.16. The molecular formula is C10H10N2O2. The number of aromatic carboxylic acids is 1. The number of benzene rings is 1. The van der Waals surface area contributed by atoms with Gasteiger partial charge in [0.1, 0.15) is 0 Å². The molecule has 0 bridgehead atoms. The number of aromatic nitrogens is 2. The summed E-state index contributed by atoms with van der Waals surface area (Å²) in [4.78, 5) is 11.0. The van der Waals surface area contributed by atoms with Gasteiger partial charge in [0.05, 0.1) is 17.3 Å². The van der Waals surface area contributed by atoms with Crippen molar-refractivity contribution >= 4 is 16.9 Å². The first-order valence-corrected chi connectivity index (χ1v) is 4.25. The SMILES string of the molecule is Cc1cc(C(=O)O)c2c(cnn2C)c1. The largest absolute Gasteiger partial charge is 0.478 e. The molecule has 0 saturated heterocycles. The van der Waals surface area contributed by atoms with Crippen LogP contribution in [0, 0.1) is 6.92 Å². The molecule has 0 fully saturated rings. The molecule has 0 spiro atoms. The second-order valence-corrected chi connectivity index (χ2v) is 3.32. The van der Waals surface area contributed by atoms with Gasteiger partial charge in [-0.05, 0) is 24.6 Å². The van der Waals surface area contributed by atoms with Crippen LogP contribution in [0.25, 0.3) is 10.9 Å². The van der Waals surface area contributed by atoms with E-state index in [9.17, 15) is 4.79 Å². The summed E-state index contributed by atoms with van der Waals surface area (Å²) in [5.41, 5.74) is 1.91. The number of fused-ring (bicyclic) bond motifs is 1. The van der Waals surface area contributed by atoms with Crippen LogP contribution in [-0.2, 0) is 7.05 Å². The van der Waals surface area contributed by atoms with E-state index in [-0.39, 0.29) is 0 Å². The van der Waals surface area contributed by atoms with Gasteiger partial charge in [0.15, 0.2) is 0 Å². The number of nitrogens with zero attached hydrogens (tertiary/aromatic N) is 2. The van der Waals surface area contributed by atoms with Crippen LogP contribution in [0.5, 0.6) is 0 Å². The van der Waals surface area contributed by atoms with Crippen LogP contribution in [0.2, 0.25) is 0 Å². The van der Waals surface area contributed by atoms with Crippen molar-refractivity contribution in [3.05, 3.63) is 29.5 Å². The highest BCUT2D eigenvalue weighted by atomic mass is 16.4. The Kier molecular flexibility index (Phi) is 1.77. The van der Waals surface area contributed by atoms with Gasteiger partial charge < -0.3 is 5.11 Å². The lowest BCUT2D eigenvalue weighted by molar-refractivity contribution is 0.0698. The van der Waals surface area contributed by atoms with Gasteiger partial charge in [-0.3, -0.25) is 4.68 Å². The number of carboxylic acids is 1. The first kappa shape index (κ1) is 8.74. The highest BCUT2D eigenvalue weighted by molar-refractivity contribution is 6.02. The van der Waals surface area contributed by atoms with Gasteiger partial charge in [-0.2, -0.15) is 5.10 Å². The molecule has 1 aromatic heterocycles. The van der Waals surface area contributed by atoms with Crippen molar-refractivity contribution in [1.29, 1.82) is 0 Å². The van der Waals surface area contributed by atoms with Gasteiger partial charge in [-0.1, -0.05) is 0 Å². The third-order valence-corrected chi connectivity index (χ3v) is 2.21. The van der Waals surface area contributed by atoms with E-state index >= 15 is 0 Å². The molecule has 1 aromatic carbocycles. The van der Waals surface area contributed by atoms with Gasteiger partial charge in [-0.25, -0.2) is 4.79 Å². The van der Waals surface area contributed by atoms with E-state index in [0.717, 1.165) is 10.9 Å². The molecule has 4 nitrogen and oxygen atoms in total. The van der Waals surface area contributed by atoms with Gasteiger partial charge in [0.25, 0.3) is 0 Å². The summed E-state index contributed by atoms with van der Waals surface area (Å²) in [7, 11) is 1.74. The minimum atomic E-state index is -0.915. The fourth-order valence-electron chi connectivity index (χ4n) is 1.64. The Morgan fingerprint density at radius 2 is 2.21 bits per heavy atom. The van der Waals surface area contributed by atoms with E-state index < -0.39 is 5.97 Å². The highest BCUT2D eigenvalue weighted by Gasteiger charge is 2.12. The predicted octanol–water partition coefficient (Wildman–Crippen LogP) is 1.58. The number of rotatable bonds is 1. The minimum absolute atomic E-state index is 0.306. The van der Waals surface area contributed by atoms with Crippen molar-refractivity contribution in [3.8, 4) is 0 Å². The lowest BCUT2D eigenvalue weighted by atomic mass is 10.1. The number of hydrogen-bond donors (Lipinski definition) is 1. The van der Waals surface area contributed by atoms with Crippen LogP contribution >= 0.6 is 0 Å². The summed E-state index contributed by atoms with van der Waals surface area (Å²) in [6.07, 6.45) is 1.68. The van der Waals surface area contributed by atoms with Crippen LogP contribution in [0.3, 0.4) is 0 Å². The molecule has 2 aromatic rings. The molecule has 1 N–H and O–H groups in total. The molecule has 0 aliphatic rings. The molecule has 0 unspecified atom stereocenters. The maximum Gasteiger partial charge on any atom is 0.337 e. The summed E-state index contributed by atoms with van der Waals surface area (Å²) < 4.78 is 1.58. The summed E-state index contributed by atoms with van der Waals surface area (Å²) in [5, 5.41) is 13.9. The van der Waals surface area contributed by atoms with Gasteiger partial charge in [-0.15, -0.1) is 0 Å². The normalized spacial score (nSPS) is 10.7. The van der Waals surface area contributed by atoms with Gasteiger partial charge in [0.2, 0.25) is 0 Å². The van der Waals surface area contributed by atoms with E-state index in [2.05, 4.69) is 5.10 Å². The Morgan fingerprint density at radius 3 is 2.86 bits per heavy atom.